The zero-order chi connectivity index (χ0) is 20.1. The zero-order valence-corrected chi connectivity index (χ0v) is 18.2. The summed E-state index contributed by atoms with van der Waals surface area (Å²) in [6.07, 6.45) is 0. The van der Waals surface area contributed by atoms with Gasteiger partial charge in [0.1, 0.15) is 0 Å². The number of rotatable bonds is 2. The predicted molar refractivity (Wildman–Crippen MR) is 129 cm³/mol. The first-order chi connectivity index (χ1) is 14.1. The normalized spacial score (nSPS) is 11.4. The summed E-state index contributed by atoms with van der Waals surface area (Å²) in [5, 5.41) is 2.72. The van der Waals surface area contributed by atoms with Gasteiger partial charge in [0.15, 0.2) is 0 Å². The van der Waals surface area contributed by atoms with E-state index in [0.29, 0.717) is 0 Å². The fourth-order valence-electron chi connectivity index (χ4n) is 4.61. The molecule has 5 aromatic rings. The molecular formula is C28H24S. The van der Waals surface area contributed by atoms with E-state index in [-0.39, 0.29) is 0 Å². The van der Waals surface area contributed by atoms with Crippen LogP contribution in [0.2, 0.25) is 0 Å². The summed E-state index contributed by atoms with van der Waals surface area (Å²) in [5.74, 6) is 0. The molecule has 0 amide bonds. The van der Waals surface area contributed by atoms with Gasteiger partial charge in [-0.15, -0.1) is 11.3 Å². The van der Waals surface area contributed by atoms with Crippen LogP contribution < -0.4 is 0 Å². The Labute approximate surface area is 176 Å². The van der Waals surface area contributed by atoms with Crippen LogP contribution in [0.15, 0.2) is 72.8 Å². The van der Waals surface area contributed by atoms with Crippen molar-refractivity contribution in [2.75, 3.05) is 0 Å². The molecule has 0 radical (unpaired) electrons. The number of thiophene rings is 1. The van der Waals surface area contributed by atoms with Crippen LogP contribution in [0.1, 0.15) is 22.3 Å². The Morgan fingerprint density at radius 1 is 0.517 bits per heavy atom. The van der Waals surface area contributed by atoms with E-state index in [4.69, 9.17) is 0 Å². The van der Waals surface area contributed by atoms with Crippen molar-refractivity contribution in [3.63, 3.8) is 0 Å². The quantitative estimate of drug-likeness (QED) is 0.282. The summed E-state index contributed by atoms with van der Waals surface area (Å²) in [6.45, 7) is 8.96. The van der Waals surface area contributed by atoms with Crippen LogP contribution in [-0.4, -0.2) is 0 Å². The van der Waals surface area contributed by atoms with Crippen LogP contribution in [-0.2, 0) is 0 Å². The Kier molecular flexibility index (Phi) is 4.29. The van der Waals surface area contributed by atoms with Crippen LogP contribution in [0.3, 0.4) is 0 Å². The van der Waals surface area contributed by atoms with Gasteiger partial charge >= 0.3 is 0 Å². The fraction of sp³-hybridized carbons (Fsp3) is 0.143. The molecular weight excluding hydrogens is 368 g/mol. The van der Waals surface area contributed by atoms with Crippen LogP contribution in [0.25, 0.3) is 42.4 Å². The standard InChI is InChI=1S/C28H24S/c1-17-9-5-6-10-21(17)26-18(2)13-15-22(20(26)4)27-19(3)14-16-24-23-11-7-8-12-25(23)29-28(24)27/h5-16H,1-4H3. The maximum Gasteiger partial charge on any atom is 0.0436 e. The van der Waals surface area contributed by atoms with E-state index < -0.39 is 0 Å². The summed E-state index contributed by atoms with van der Waals surface area (Å²) in [7, 11) is 0. The van der Waals surface area contributed by atoms with E-state index in [0.717, 1.165) is 0 Å². The molecule has 0 aliphatic heterocycles. The molecule has 0 aliphatic carbocycles. The average molecular weight is 393 g/mol. The molecule has 5 rings (SSSR count). The highest BCUT2D eigenvalue weighted by molar-refractivity contribution is 7.26. The predicted octanol–water partition coefficient (Wildman–Crippen LogP) is 8.62. The second kappa shape index (κ2) is 6.86. The van der Waals surface area contributed by atoms with Crippen molar-refractivity contribution in [2.24, 2.45) is 0 Å². The van der Waals surface area contributed by atoms with Gasteiger partial charge < -0.3 is 0 Å². The van der Waals surface area contributed by atoms with Crippen molar-refractivity contribution in [1.29, 1.82) is 0 Å². The molecule has 0 atom stereocenters. The lowest BCUT2D eigenvalue weighted by Crippen LogP contribution is -1.95. The molecule has 0 N–H and O–H groups in total. The highest BCUT2D eigenvalue weighted by Gasteiger charge is 2.17. The maximum atomic E-state index is 2.32. The minimum Gasteiger partial charge on any atom is -0.135 e. The second-order valence-electron chi connectivity index (χ2n) is 7.98. The number of benzene rings is 4. The van der Waals surface area contributed by atoms with Gasteiger partial charge in [0.05, 0.1) is 0 Å². The maximum absolute atomic E-state index is 2.32. The number of hydrogen-bond acceptors (Lipinski definition) is 1. The smallest absolute Gasteiger partial charge is 0.0436 e. The minimum absolute atomic E-state index is 1.33. The molecule has 1 heterocycles. The van der Waals surface area contributed by atoms with Crippen molar-refractivity contribution >= 4 is 31.5 Å². The Morgan fingerprint density at radius 2 is 1.21 bits per heavy atom. The van der Waals surface area contributed by atoms with E-state index in [1.54, 1.807) is 0 Å². The van der Waals surface area contributed by atoms with Crippen molar-refractivity contribution < 1.29 is 0 Å². The third-order valence-corrected chi connectivity index (χ3v) is 7.32. The van der Waals surface area contributed by atoms with Crippen LogP contribution >= 0.6 is 11.3 Å². The van der Waals surface area contributed by atoms with Crippen LogP contribution in [0.5, 0.6) is 0 Å². The van der Waals surface area contributed by atoms with Gasteiger partial charge in [0.2, 0.25) is 0 Å². The zero-order valence-electron chi connectivity index (χ0n) is 17.3. The lowest BCUT2D eigenvalue weighted by molar-refractivity contribution is 1.35. The molecule has 0 saturated carbocycles. The van der Waals surface area contributed by atoms with Gasteiger partial charge in [0, 0.05) is 25.7 Å². The molecule has 0 spiro atoms. The van der Waals surface area contributed by atoms with E-state index in [1.807, 2.05) is 11.3 Å². The molecule has 0 unspecified atom stereocenters. The van der Waals surface area contributed by atoms with Crippen LogP contribution in [0, 0.1) is 27.7 Å². The largest absolute Gasteiger partial charge is 0.135 e. The van der Waals surface area contributed by atoms with Gasteiger partial charge in [-0.2, -0.15) is 0 Å². The van der Waals surface area contributed by atoms with Crippen molar-refractivity contribution in [2.45, 2.75) is 27.7 Å². The van der Waals surface area contributed by atoms with Crippen LogP contribution in [0.4, 0.5) is 0 Å². The first-order valence-corrected chi connectivity index (χ1v) is 11.0. The summed E-state index contributed by atoms with van der Waals surface area (Å²) < 4.78 is 2.76. The molecule has 0 bridgehead atoms. The van der Waals surface area contributed by atoms with E-state index >= 15 is 0 Å². The van der Waals surface area contributed by atoms with Gasteiger partial charge in [-0.05, 0) is 72.7 Å². The molecule has 0 nitrogen and oxygen atoms in total. The van der Waals surface area contributed by atoms with E-state index in [9.17, 15) is 0 Å². The fourth-order valence-corrected chi connectivity index (χ4v) is 5.92. The highest BCUT2D eigenvalue weighted by Crippen LogP contribution is 2.44. The lowest BCUT2D eigenvalue weighted by Gasteiger charge is -2.18. The van der Waals surface area contributed by atoms with Gasteiger partial charge in [-0.1, -0.05) is 66.7 Å². The molecule has 4 aromatic carbocycles. The number of fused-ring (bicyclic) bond motifs is 3. The molecule has 0 aliphatic rings. The molecule has 29 heavy (non-hydrogen) atoms. The lowest BCUT2D eigenvalue weighted by atomic mass is 9.86. The van der Waals surface area contributed by atoms with Gasteiger partial charge in [-0.3, -0.25) is 0 Å². The molecule has 1 heteroatoms. The SMILES string of the molecule is Cc1ccccc1-c1c(C)ccc(-c2c(C)ccc3c2sc2ccccc23)c1C. The number of hydrogen-bond donors (Lipinski definition) is 0. The monoisotopic (exact) mass is 392 g/mol. The van der Waals surface area contributed by atoms with Crippen molar-refractivity contribution in [3.8, 4) is 22.3 Å². The summed E-state index contributed by atoms with van der Waals surface area (Å²) in [6, 6.07) is 26.7. The Morgan fingerprint density at radius 3 is 2.03 bits per heavy atom. The third kappa shape index (κ3) is 2.81. The average Bonchev–Trinajstić information content (AvgIpc) is 3.09. The highest BCUT2D eigenvalue weighted by atomic mass is 32.1. The van der Waals surface area contributed by atoms with Gasteiger partial charge in [-0.25, -0.2) is 0 Å². The Hall–Kier alpha value is -2.90. The van der Waals surface area contributed by atoms with E-state index in [1.165, 1.54) is 64.7 Å². The minimum atomic E-state index is 1.33. The summed E-state index contributed by atoms with van der Waals surface area (Å²) in [4.78, 5) is 0. The second-order valence-corrected chi connectivity index (χ2v) is 9.03. The summed E-state index contributed by atoms with van der Waals surface area (Å²) >= 11 is 1.92. The summed E-state index contributed by atoms with van der Waals surface area (Å²) in [5.41, 5.74) is 10.8. The Balaban J connectivity index is 1.86. The molecule has 1 aromatic heterocycles. The van der Waals surface area contributed by atoms with Crippen molar-refractivity contribution in [1.82, 2.24) is 0 Å². The van der Waals surface area contributed by atoms with Gasteiger partial charge in [0.25, 0.3) is 0 Å². The number of aryl methyl sites for hydroxylation is 3. The van der Waals surface area contributed by atoms with E-state index in [2.05, 4.69) is 100 Å². The molecule has 0 saturated heterocycles. The molecule has 142 valence electrons. The first-order valence-electron chi connectivity index (χ1n) is 10.1. The molecule has 0 fully saturated rings. The topological polar surface area (TPSA) is 0 Å². The van der Waals surface area contributed by atoms with Crippen molar-refractivity contribution in [3.05, 3.63) is 95.1 Å². The first kappa shape index (κ1) is 18.1. The Bertz CT molecular complexity index is 1380. The third-order valence-electron chi connectivity index (χ3n) is 6.11.